The number of hydrogen-bond donors (Lipinski definition) is 0. The minimum Gasteiger partial charge on any atom is -0.328 e. The van der Waals surface area contributed by atoms with Crippen LogP contribution in [0.25, 0.3) is 0 Å². The normalized spacial score (nSPS) is 22.0. The molecule has 1 fully saturated rings. The first-order valence-corrected chi connectivity index (χ1v) is 7.39. The van der Waals surface area contributed by atoms with Gasteiger partial charge in [-0.1, -0.05) is 6.07 Å². The van der Waals surface area contributed by atoms with Crippen LogP contribution in [0.4, 0.5) is 0 Å². The van der Waals surface area contributed by atoms with Crippen molar-refractivity contribution in [2.24, 2.45) is 0 Å². The van der Waals surface area contributed by atoms with Crippen LogP contribution in [0.3, 0.4) is 0 Å². The highest BCUT2D eigenvalue weighted by molar-refractivity contribution is 5.95. The van der Waals surface area contributed by atoms with Crippen molar-refractivity contribution in [3.63, 3.8) is 0 Å². The van der Waals surface area contributed by atoms with Gasteiger partial charge in [0.05, 0.1) is 23.4 Å². The molecule has 4 rings (SSSR count). The Hall–Kier alpha value is -2.74. The number of carbonyl (C=O) groups is 1. The molecule has 0 spiro atoms. The molecule has 5 heteroatoms. The second-order valence-electron chi connectivity index (χ2n) is 5.78. The molecule has 2 aliphatic heterocycles. The Balaban J connectivity index is 1.72. The molecule has 1 aromatic heterocycles. The Morgan fingerprint density at radius 3 is 3.14 bits per heavy atom. The van der Waals surface area contributed by atoms with Crippen LogP contribution in [0.1, 0.15) is 46.1 Å². The van der Waals surface area contributed by atoms with Crippen molar-refractivity contribution >= 4 is 5.91 Å². The molecule has 1 aromatic carbocycles. The summed E-state index contributed by atoms with van der Waals surface area (Å²) in [6.07, 6.45) is 6.14. The highest BCUT2D eigenvalue weighted by Crippen LogP contribution is 2.43. The van der Waals surface area contributed by atoms with E-state index in [4.69, 9.17) is 5.26 Å². The maximum Gasteiger partial charge on any atom is 0.254 e. The van der Waals surface area contributed by atoms with Crippen molar-refractivity contribution in [2.45, 2.75) is 31.3 Å². The van der Waals surface area contributed by atoms with Crippen LogP contribution in [0.2, 0.25) is 0 Å². The van der Waals surface area contributed by atoms with Crippen molar-refractivity contribution in [1.29, 1.82) is 5.26 Å². The van der Waals surface area contributed by atoms with Crippen LogP contribution >= 0.6 is 0 Å². The number of nitriles is 1. The van der Waals surface area contributed by atoms with E-state index in [1.807, 2.05) is 11.1 Å². The number of aromatic nitrogens is 2. The van der Waals surface area contributed by atoms with E-state index in [0.717, 1.165) is 30.5 Å². The molecule has 1 amide bonds. The van der Waals surface area contributed by atoms with Gasteiger partial charge >= 0.3 is 0 Å². The Labute approximate surface area is 128 Å². The molecule has 3 heterocycles. The van der Waals surface area contributed by atoms with Crippen LogP contribution in [-0.4, -0.2) is 26.8 Å². The van der Waals surface area contributed by atoms with Gasteiger partial charge in [-0.3, -0.25) is 4.79 Å². The van der Waals surface area contributed by atoms with Gasteiger partial charge in [0.2, 0.25) is 0 Å². The number of rotatable bonds is 1. The SMILES string of the molecule is N#Cc1cccc(C(=O)N2[C@H]3CC[C@H]2c2cncnc2C3)c1. The summed E-state index contributed by atoms with van der Waals surface area (Å²) in [5.41, 5.74) is 3.23. The predicted octanol–water partition coefficient (Wildman–Crippen LogP) is 2.25. The highest BCUT2D eigenvalue weighted by Gasteiger charge is 2.43. The molecule has 2 aliphatic rings. The molecular weight excluding hydrogens is 276 g/mol. The number of hydrogen-bond acceptors (Lipinski definition) is 4. The smallest absolute Gasteiger partial charge is 0.254 e. The van der Waals surface area contributed by atoms with E-state index in [1.165, 1.54) is 0 Å². The van der Waals surface area contributed by atoms with Crippen molar-refractivity contribution in [3.05, 3.63) is 59.2 Å². The van der Waals surface area contributed by atoms with Gasteiger partial charge in [-0.05, 0) is 31.0 Å². The average Bonchev–Trinajstić information content (AvgIpc) is 2.89. The second-order valence-corrected chi connectivity index (χ2v) is 5.78. The fraction of sp³-hybridized carbons (Fsp3) is 0.294. The van der Waals surface area contributed by atoms with Crippen LogP contribution in [0, 0.1) is 11.3 Å². The van der Waals surface area contributed by atoms with Crippen molar-refractivity contribution < 1.29 is 4.79 Å². The summed E-state index contributed by atoms with van der Waals surface area (Å²) in [5, 5.41) is 9.01. The monoisotopic (exact) mass is 290 g/mol. The Morgan fingerprint density at radius 2 is 2.27 bits per heavy atom. The fourth-order valence-corrected chi connectivity index (χ4v) is 3.60. The van der Waals surface area contributed by atoms with E-state index in [0.29, 0.717) is 11.1 Å². The highest BCUT2D eigenvalue weighted by atomic mass is 16.2. The third kappa shape index (κ3) is 1.88. The number of nitrogens with zero attached hydrogens (tertiary/aromatic N) is 4. The molecule has 2 aromatic rings. The van der Waals surface area contributed by atoms with Gasteiger partial charge in [0.15, 0.2) is 0 Å². The van der Waals surface area contributed by atoms with Gasteiger partial charge in [-0.25, -0.2) is 9.97 Å². The standard InChI is InChI=1S/C17H14N4O/c18-8-11-2-1-3-12(6-11)17(22)21-13-4-5-16(21)14-9-19-10-20-15(14)7-13/h1-3,6,9-10,13,16H,4-5,7H2/t13-,16-/m0/s1. The lowest BCUT2D eigenvalue weighted by molar-refractivity contribution is 0.0644. The predicted molar refractivity (Wildman–Crippen MR) is 78.8 cm³/mol. The molecule has 5 nitrogen and oxygen atoms in total. The number of benzene rings is 1. The van der Waals surface area contributed by atoms with Crippen molar-refractivity contribution in [2.75, 3.05) is 0 Å². The molecule has 22 heavy (non-hydrogen) atoms. The van der Waals surface area contributed by atoms with E-state index in [-0.39, 0.29) is 18.0 Å². The van der Waals surface area contributed by atoms with Gasteiger partial charge in [-0.15, -0.1) is 0 Å². The maximum absolute atomic E-state index is 12.9. The number of carbonyl (C=O) groups excluding carboxylic acids is 1. The Morgan fingerprint density at radius 1 is 1.36 bits per heavy atom. The summed E-state index contributed by atoms with van der Waals surface area (Å²) >= 11 is 0. The largest absolute Gasteiger partial charge is 0.328 e. The van der Waals surface area contributed by atoms with Crippen molar-refractivity contribution in [3.8, 4) is 6.07 Å². The van der Waals surface area contributed by atoms with Crippen LogP contribution in [0.15, 0.2) is 36.8 Å². The van der Waals surface area contributed by atoms with Crippen LogP contribution < -0.4 is 0 Å². The van der Waals surface area contributed by atoms with Gasteiger partial charge in [0, 0.05) is 29.8 Å². The number of amides is 1. The lowest BCUT2D eigenvalue weighted by atomic mass is 9.98. The molecule has 0 radical (unpaired) electrons. The summed E-state index contributed by atoms with van der Waals surface area (Å²) in [4.78, 5) is 23.4. The summed E-state index contributed by atoms with van der Waals surface area (Å²) in [5.74, 6) is -0.000830. The quantitative estimate of drug-likeness (QED) is 0.807. The maximum atomic E-state index is 12.9. The zero-order valence-electron chi connectivity index (χ0n) is 11.9. The molecule has 108 valence electrons. The zero-order chi connectivity index (χ0) is 15.1. The van der Waals surface area contributed by atoms with Gasteiger partial charge in [-0.2, -0.15) is 5.26 Å². The minimum absolute atomic E-state index is 0.000830. The number of fused-ring (bicyclic) bond motifs is 4. The van der Waals surface area contributed by atoms with E-state index >= 15 is 0 Å². The topological polar surface area (TPSA) is 69.9 Å². The van der Waals surface area contributed by atoms with Gasteiger partial charge in [0.1, 0.15) is 6.33 Å². The molecule has 0 N–H and O–H groups in total. The first-order valence-electron chi connectivity index (χ1n) is 7.39. The zero-order valence-corrected chi connectivity index (χ0v) is 11.9. The average molecular weight is 290 g/mol. The van der Waals surface area contributed by atoms with E-state index < -0.39 is 0 Å². The summed E-state index contributed by atoms with van der Waals surface area (Å²) in [6.45, 7) is 0. The van der Waals surface area contributed by atoms with Gasteiger partial charge in [0.25, 0.3) is 5.91 Å². The first kappa shape index (κ1) is 13.0. The molecular formula is C17H14N4O. The van der Waals surface area contributed by atoms with E-state index in [2.05, 4.69) is 16.0 Å². The summed E-state index contributed by atoms with van der Waals surface area (Å²) in [6, 6.07) is 9.27. The molecule has 0 aliphatic carbocycles. The molecule has 2 bridgehead atoms. The second kappa shape index (κ2) is 4.92. The third-order valence-electron chi connectivity index (χ3n) is 4.59. The molecule has 2 atom stereocenters. The molecule has 1 saturated heterocycles. The fourth-order valence-electron chi connectivity index (χ4n) is 3.60. The van der Waals surface area contributed by atoms with E-state index in [9.17, 15) is 4.79 Å². The van der Waals surface area contributed by atoms with Gasteiger partial charge < -0.3 is 4.90 Å². The lowest BCUT2D eigenvalue weighted by Crippen LogP contribution is -2.42. The summed E-state index contributed by atoms with van der Waals surface area (Å²) in [7, 11) is 0. The van der Waals surface area contributed by atoms with Crippen molar-refractivity contribution in [1.82, 2.24) is 14.9 Å². The van der Waals surface area contributed by atoms with Crippen LogP contribution in [0.5, 0.6) is 0 Å². The van der Waals surface area contributed by atoms with Crippen LogP contribution in [-0.2, 0) is 6.42 Å². The Bertz CT molecular complexity index is 795. The lowest BCUT2D eigenvalue weighted by Gasteiger charge is -2.35. The third-order valence-corrected chi connectivity index (χ3v) is 4.59. The first-order chi connectivity index (χ1) is 10.8. The Kier molecular flexibility index (Phi) is 2.90. The summed E-state index contributed by atoms with van der Waals surface area (Å²) < 4.78 is 0. The molecule has 0 saturated carbocycles. The molecule has 0 unspecified atom stereocenters. The minimum atomic E-state index is -0.000830. The van der Waals surface area contributed by atoms with E-state index in [1.54, 1.807) is 30.6 Å².